The quantitative estimate of drug-likeness (QED) is 0.452. The Hall–Kier alpha value is -1.22. The van der Waals surface area contributed by atoms with Crippen LogP contribution in [0.25, 0.3) is 0 Å². The Bertz CT molecular complexity index is 266. The molecule has 0 amide bonds. The van der Waals surface area contributed by atoms with Crippen molar-refractivity contribution in [3.8, 4) is 11.8 Å². The third-order valence-corrected chi connectivity index (χ3v) is 1.55. The van der Waals surface area contributed by atoms with Crippen LogP contribution in [0.2, 0.25) is 0 Å². The fourth-order valence-electron chi connectivity index (χ4n) is 0.802. The van der Waals surface area contributed by atoms with Gasteiger partial charge in [-0.3, -0.25) is 0 Å². The van der Waals surface area contributed by atoms with E-state index in [0.717, 1.165) is 12.0 Å². The van der Waals surface area contributed by atoms with Gasteiger partial charge in [0.2, 0.25) is 0 Å². The molecule has 13 heavy (non-hydrogen) atoms. The average Bonchev–Trinajstić information content (AvgIpc) is 2.10. The molecule has 0 unspecified atom stereocenters. The highest BCUT2D eigenvalue weighted by Gasteiger charge is 1.88. The molecular formula is C13H18. The molecule has 0 aliphatic carbocycles. The highest BCUT2D eigenvalue weighted by atomic mass is 13.9. The molecule has 0 aromatic carbocycles. The zero-order chi connectivity index (χ0) is 10.3. The summed E-state index contributed by atoms with van der Waals surface area (Å²) in [6, 6.07) is 0. The van der Waals surface area contributed by atoms with E-state index in [4.69, 9.17) is 0 Å². The standard InChI is InChI=1S/C13H18/c1-6-13(7-2)10-12(5)9-8-11(3)4/h6,10-11H,1,5,7H2,2-4H3/b13-10+. The Balaban J connectivity index is 4.40. The van der Waals surface area contributed by atoms with Crippen molar-refractivity contribution in [3.63, 3.8) is 0 Å². The Labute approximate surface area is 82.0 Å². The van der Waals surface area contributed by atoms with Crippen LogP contribution in [0.3, 0.4) is 0 Å². The van der Waals surface area contributed by atoms with E-state index in [2.05, 4.69) is 45.8 Å². The lowest BCUT2D eigenvalue weighted by molar-refractivity contribution is 0.866. The first-order valence-corrected chi connectivity index (χ1v) is 4.63. The third kappa shape index (κ3) is 5.99. The fraction of sp³-hybridized carbons (Fsp3) is 0.385. The summed E-state index contributed by atoms with van der Waals surface area (Å²) in [7, 11) is 0. The van der Waals surface area contributed by atoms with Crippen molar-refractivity contribution in [2.45, 2.75) is 27.2 Å². The van der Waals surface area contributed by atoms with Crippen molar-refractivity contribution < 1.29 is 0 Å². The lowest BCUT2D eigenvalue weighted by Gasteiger charge is -1.95. The number of rotatable bonds is 3. The maximum Gasteiger partial charge on any atom is 0.0176 e. The molecule has 0 rings (SSSR count). The lowest BCUT2D eigenvalue weighted by atomic mass is 10.1. The number of hydrogen-bond donors (Lipinski definition) is 0. The first-order valence-electron chi connectivity index (χ1n) is 4.63. The van der Waals surface area contributed by atoms with E-state index in [1.165, 1.54) is 5.57 Å². The summed E-state index contributed by atoms with van der Waals surface area (Å²) in [5, 5.41) is 0. The molecule has 0 fully saturated rings. The molecule has 0 aliphatic heterocycles. The summed E-state index contributed by atoms with van der Waals surface area (Å²) in [6.45, 7) is 13.8. The highest BCUT2D eigenvalue weighted by molar-refractivity contribution is 5.40. The van der Waals surface area contributed by atoms with Gasteiger partial charge in [-0.05, 0) is 18.1 Å². The molecule has 0 saturated heterocycles. The highest BCUT2D eigenvalue weighted by Crippen LogP contribution is 2.05. The van der Waals surface area contributed by atoms with Gasteiger partial charge in [0.05, 0.1) is 0 Å². The minimum Gasteiger partial charge on any atom is -0.0988 e. The average molecular weight is 174 g/mol. The van der Waals surface area contributed by atoms with Crippen molar-refractivity contribution in [2.24, 2.45) is 5.92 Å². The van der Waals surface area contributed by atoms with Gasteiger partial charge >= 0.3 is 0 Å². The van der Waals surface area contributed by atoms with E-state index in [9.17, 15) is 0 Å². The van der Waals surface area contributed by atoms with Gasteiger partial charge < -0.3 is 0 Å². The van der Waals surface area contributed by atoms with Gasteiger partial charge in [-0.15, -0.1) is 0 Å². The van der Waals surface area contributed by atoms with E-state index >= 15 is 0 Å². The number of hydrogen-bond acceptors (Lipinski definition) is 0. The predicted octanol–water partition coefficient (Wildman–Crippen LogP) is 3.72. The van der Waals surface area contributed by atoms with Crippen LogP contribution in [-0.4, -0.2) is 0 Å². The maximum absolute atomic E-state index is 3.86. The van der Waals surface area contributed by atoms with Crippen molar-refractivity contribution in [2.75, 3.05) is 0 Å². The van der Waals surface area contributed by atoms with E-state index in [1.807, 2.05) is 12.2 Å². The molecule has 0 heterocycles. The second-order valence-corrected chi connectivity index (χ2v) is 3.23. The zero-order valence-corrected chi connectivity index (χ0v) is 8.85. The fourth-order valence-corrected chi connectivity index (χ4v) is 0.802. The van der Waals surface area contributed by atoms with Gasteiger partial charge in [0.25, 0.3) is 0 Å². The largest absolute Gasteiger partial charge is 0.0988 e. The summed E-state index contributed by atoms with van der Waals surface area (Å²) >= 11 is 0. The molecular weight excluding hydrogens is 156 g/mol. The normalized spacial score (nSPS) is 10.6. The van der Waals surface area contributed by atoms with Crippen LogP contribution in [0.5, 0.6) is 0 Å². The second kappa shape index (κ2) is 6.31. The topological polar surface area (TPSA) is 0 Å². The summed E-state index contributed by atoms with van der Waals surface area (Å²) in [5.74, 6) is 6.48. The van der Waals surface area contributed by atoms with Crippen molar-refractivity contribution in [1.29, 1.82) is 0 Å². The molecule has 0 aromatic rings. The van der Waals surface area contributed by atoms with E-state index in [0.29, 0.717) is 5.92 Å². The van der Waals surface area contributed by atoms with Crippen LogP contribution in [0, 0.1) is 17.8 Å². The van der Waals surface area contributed by atoms with E-state index in [-0.39, 0.29) is 0 Å². The van der Waals surface area contributed by atoms with Crippen LogP contribution in [0.4, 0.5) is 0 Å². The second-order valence-electron chi connectivity index (χ2n) is 3.23. The summed E-state index contributed by atoms with van der Waals surface area (Å²) < 4.78 is 0. The Morgan fingerprint density at radius 2 is 2.08 bits per heavy atom. The van der Waals surface area contributed by atoms with Crippen molar-refractivity contribution in [1.82, 2.24) is 0 Å². The minimum atomic E-state index is 0.402. The molecule has 0 nitrogen and oxygen atoms in total. The molecule has 0 N–H and O–H groups in total. The monoisotopic (exact) mass is 174 g/mol. The maximum atomic E-state index is 3.86. The van der Waals surface area contributed by atoms with Crippen molar-refractivity contribution in [3.05, 3.63) is 36.5 Å². The van der Waals surface area contributed by atoms with Gasteiger partial charge in [-0.2, -0.15) is 0 Å². The molecule has 0 atom stereocenters. The van der Waals surface area contributed by atoms with Crippen LogP contribution in [0.15, 0.2) is 36.5 Å². The van der Waals surface area contributed by atoms with Gasteiger partial charge in [0.15, 0.2) is 0 Å². The van der Waals surface area contributed by atoms with E-state index in [1.54, 1.807) is 0 Å². The molecule has 0 aromatic heterocycles. The van der Waals surface area contributed by atoms with Gasteiger partial charge in [-0.1, -0.05) is 51.8 Å². The Kier molecular flexibility index (Phi) is 5.72. The zero-order valence-electron chi connectivity index (χ0n) is 8.85. The van der Waals surface area contributed by atoms with Crippen LogP contribution in [0.1, 0.15) is 27.2 Å². The predicted molar refractivity (Wildman–Crippen MR) is 60.3 cm³/mol. The SMILES string of the molecule is C=C/C(=C\C(=C)C#CC(C)C)CC. The Morgan fingerprint density at radius 3 is 2.46 bits per heavy atom. The first-order chi connectivity index (χ1) is 6.10. The van der Waals surface area contributed by atoms with Gasteiger partial charge in [-0.25, -0.2) is 0 Å². The molecule has 0 aliphatic rings. The molecule has 0 bridgehead atoms. The lowest BCUT2D eigenvalue weighted by Crippen LogP contribution is -1.80. The molecule has 70 valence electrons. The first kappa shape index (κ1) is 11.8. The smallest absolute Gasteiger partial charge is 0.0176 e. The van der Waals surface area contributed by atoms with E-state index < -0.39 is 0 Å². The van der Waals surface area contributed by atoms with Gasteiger partial charge in [0.1, 0.15) is 0 Å². The van der Waals surface area contributed by atoms with Crippen LogP contribution in [-0.2, 0) is 0 Å². The summed E-state index contributed by atoms with van der Waals surface area (Å²) in [5.41, 5.74) is 2.05. The molecule has 0 saturated carbocycles. The van der Waals surface area contributed by atoms with Gasteiger partial charge in [0, 0.05) is 11.5 Å². The number of allylic oxidation sites excluding steroid dienone is 4. The molecule has 0 radical (unpaired) electrons. The summed E-state index contributed by atoms with van der Waals surface area (Å²) in [4.78, 5) is 0. The third-order valence-electron chi connectivity index (χ3n) is 1.55. The van der Waals surface area contributed by atoms with Crippen LogP contribution < -0.4 is 0 Å². The minimum absolute atomic E-state index is 0.402. The van der Waals surface area contributed by atoms with Crippen molar-refractivity contribution >= 4 is 0 Å². The van der Waals surface area contributed by atoms with Crippen LogP contribution >= 0.6 is 0 Å². The molecule has 0 spiro atoms. The molecule has 0 heteroatoms. The summed E-state index contributed by atoms with van der Waals surface area (Å²) in [6.07, 6.45) is 4.82. The Morgan fingerprint density at radius 1 is 1.46 bits per heavy atom.